The zero-order valence-electron chi connectivity index (χ0n) is 11.4. The molecule has 0 aliphatic rings. The van der Waals surface area contributed by atoms with E-state index in [9.17, 15) is 16.8 Å². The van der Waals surface area contributed by atoms with Crippen LogP contribution in [0.25, 0.3) is 0 Å². The molecule has 0 saturated heterocycles. The van der Waals surface area contributed by atoms with Crippen LogP contribution in [0, 0.1) is 0 Å². The summed E-state index contributed by atoms with van der Waals surface area (Å²) in [6.07, 6.45) is 0. The summed E-state index contributed by atoms with van der Waals surface area (Å²) in [5.41, 5.74) is 0.356. The molecule has 22 heavy (non-hydrogen) atoms. The second-order valence-electron chi connectivity index (χ2n) is 4.24. The Balaban J connectivity index is 2.26. The van der Waals surface area contributed by atoms with Crippen molar-refractivity contribution in [3.63, 3.8) is 0 Å². The lowest BCUT2D eigenvalue weighted by atomic mass is 10.3. The van der Waals surface area contributed by atoms with Gasteiger partial charge >= 0.3 is 0 Å². The van der Waals surface area contributed by atoms with Crippen LogP contribution in [-0.4, -0.2) is 23.9 Å². The first kappa shape index (κ1) is 16.6. The van der Waals surface area contributed by atoms with E-state index in [0.717, 1.165) is 12.1 Å². The number of halogens is 1. The minimum Gasteiger partial charge on any atom is -0.497 e. The van der Waals surface area contributed by atoms with E-state index in [2.05, 4.69) is 4.72 Å². The van der Waals surface area contributed by atoms with Crippen molar-refractivity contribution in [1.82, 2.24) is 0 Å². The molecule has 0 aliphatic heterocycles. The maximum Gasteiger partial charge on any atom is 0.261 e. The second-order valence-corrected chi connectivity index (χ2v) is 8.49. The molecule has 0 aromatic heterocycles. The lowest BCUT2D eigenvalue weighted by molar-refractivity contribution is 0.415. The SMILES string of the molecule is COc1ccc(NS(=O)(=O)c2ccc(S(=O)(=O)Cl)cc2)cc1. The number of ether oxygens (including phenoxy) is 1. The van der Waals surface area contributed by atoms with E-state index in [1.54, 1.807) is 24.3 Å². The van der Waals surface area contributed by atoms with Crippen molar-refractivity contribution in [2.45, 2.75) is 9.79 Å². The van der Waals surface area contributed by atoms with Crippen molar-refractivity contribution in [3.8, 4) is 5.75 Å². The quantitative estimate of drug-likeness (QED) is 0.826. The van der Waals surface area contributed by atoms with Crippen molar-refractivity contribution in [2.24, 2.45) is 0 Å². The van der Waals surface area contributed by atoms with E-state index in [0.29, 0.717) is 11.4 Å². The third-order valence-electron chi connectivity index (χ3n) is 2.76. The highest BCUT2D eigenvalue weighted by atomic mass is 35.7. The van der Waals surface area contributed by atoms with Gasteiger partial charge in [-0.25, -0.2) is 16.8 Å². The second kappa shape index (κ2) is 6.15. The molecule has 0 aliphatic carbocycles. The van der Waals surface area contributed by atoms with Crippen LogP contribution in [0.2, 0.25) is 0 Å². The third-order valence-corrected chi connectivity index (χ3v) is 5.52. The van der Waals surface area contributed by atoms with E-state index in [-0.39, 0.29) is 9.79 Å². The summed E-state index contributed by atoms with van der Waals surface area (Å²) in [6, 6.07) is 10.9. The number of benzene rings is 2. The van der Waals surface area contributed by atoms with Crippen LogP contribution in [0.5, 0.6) is 5.75 Å². The number of hydrogen-bond acceptors (Lipinski definition) is 5. The summed E-state index contributed by atoms with van der Waals surface area (Å²) in [7, 11) is -1.03. The standard InChI is InChI=1S/C13H12ClNO5S2/c1-20-11-4-2-10(3-5-11)15-22(18,19)13-8-6-12(7-9-13)21(14,16)17/h2-9,15H,1H3. The maximum atomic E-state index is 12.2. The van der Waals surface area contributed by atoms with Crippen LogP contribution in [0.15, 0.2) is 58.3 Å². The highest BCUT2D eigenvalue weighted by Crippen LogP contribution is 2.21. The van der Waals surface area contributed by atoms with Gasteiger partial charge in [0.2, 0.25) is 0 Å². The Morgan fingerprint density at radius 1 is 0.864 bits per heavy atom. The average molecular weight is 362 g/mol. The smallest absolute Gasteiger partial charge is 0.261 e. The molecular weight excluding hydrogens is 350 g/mol. The molecule has 0 heterocycles. The lowest BCUT2D eigenvalue weighted by Crippen LogP contribution is -2.13. The van der Waals surface area contributed by atoms with Gasteiger partial charge < -0.3 is 4.74 Å². The molecule has 0 unspecified atom stereocenters. The summed E-state index contributed by atoms with van der Waals surface area (Å²) in [5.74, 6) is 0.597. The average Bonchev–Trinajstić information content (AvgIpc) is 2.47. The Hall–Kier alpha value is -1.77. The van der Waals surface area contributed by atoms with Crippen molar-refractivity contribution >= 4 is 35.4 Å². The fraction of sp³-hybridized carbons (Fsp3) is 0.0769. The molecule has 0 bridgehead atoms. The molecule has 6 nitrogen and oxygen atoms in total. The van der Waals surface area contributed by atoms with E-state index < -0.39 is 19.1 Å². The molecule has 0 amide bonds. The highest BCUT2D eigenvalue weighted by molar-refractivity contribution is 8.13. The van der Waals surface area contributed by atoms with E-state index in [4.69, 9.17) is 15.4 Å². The molecule has 0 atom stereocenters. The third kappa shape index (κ3) is 3.90. The molecule has 2 rings (SSSR count). The fourth-order valence-electron chi connectivity index (χ4n) is 1.65. The van der Waals surface area contributed by atoms with Crippen LogP contribution >= 0.6 is 10.7 Å². The molecule has 118 valence electrons. The number of anilines is 1. The summed E-state index contributed by atoms with van der Waals surface area (Å²) in [5, 5.41) is 0. The zero-order valence-corrected chi connectivity index (χ0v) is 13.7. The Labute approximate surface area is 133 Å². The van der Waals surface area contributed by atoms with E-state index in [1.165, 1.54) is 19.2 Å². The topological polar surface area (TPSA) is 89.5 Å². The molecule has 0 fully saturated rings. The van der Waals surface area contributed by atoms with Crippen LogP contribution in [-0.2, 0) is 19.1 Å². The van der Waals surface area contributed by atoms with Gasteiger partial charge in [-0.1, -0.05) is 0 Å². The minimum atomic E-state index is -3.89. The van der Waals surface area contributed by atoms with Gasteiger partial charge in [0, 0.05) is 16.4 Å². The summed E-state index contributed by atoms with van der Waals surface area (Å²) < 4.78 is 54.0. The summed E-state index contributed by atoms with van der Waals surface area (Å²) in [4.78, 5) is -0.245. The molecule has 1 N–H and O–H groups in total. The van der Waals surface area contributed by atoms with Crippen molar-refractivity contribution in [3.05, 3.63) is 48.5 Å². The maximum absolute atomic E-state index is 12.2. The first-order valence-corrected chi connectivity index (χ1v) is 9.73. The fourth-order valence-corrected chi connectivity index (χ4v) is 3.48. The van der Waals surface area contributed by atoms with Gasteiger partial charge in [0.25, 0.3) is 19.1 Å². The van der Waals surface area contributed by atoms with Gasteiger partial charge in [0.05, 0.1) is 16.9 Å². The predicted molar refractivity (Wildman–Crippen MR) is 83.3 cm³/mol. The lowest BCUT2D eigenvalue weighted by Gasteiger charge is -2.09. The van der Waals surface area contributed by atoms with Crippen LogP contribution in [0.3, 0.4) is 0 Å². The van der Waals surface area contributed by atoms with Gasteiger partial charge in [0.1, 0.15) is 5.75 Å². The summed E-state index contributed by atoms with van der Waals surface area (Å²) >= 11 is 0. The molecule has 2 aromatic rings. The highest BCUT2D eigenvalue weighted by Gasteiger charge is 2.16. The predicted octanol–water partition coefficient (Wildman–Crippen LogP) is 2.42. The summed E-state index contributed by atoms with van der Waals surface area (Å²) in [6.45, 7) is 0. The minimum absolute atomic E-state index is 0.0765. The van der Waals surface area contributed by atoms with Crippen LogP contribution < -0.4 is 9.46 Å². The van der Waals surface area contributed by atoms with Gasteiger partial charge in [-0.2, -0.15) is 0 Å². The van der Waals surface area contributed by atoms with Gasteiger partial charge in [0.15, 0.2) is 0 Å². The number of methoxy groups -OCH3 is 1. The first-order chi connectivity index (χ1) is 10.2. The number of sulfonamides is 1. The van der Waals surface area contributed by atoms with Crippen molar-refractivity contribution in [1.29, 1.82) is 0 Å². The Bertz CT molecular complexity index is 860. The van der Waals surface area contributed by atoms with Crippen molar-refractivity contribution < 1.29 is 21.6 Å². The largest absolute Gasteiger partial charge is 0.497 e. The normalized spacial score (nSPS) is 11.9. The molecule has 9 heteroatoms. The monoisotopic (exact) mass is 361 g/mol. The van der Waals surface area contributed by atoms with Gasteiger partial charge in [-0.3, -0.25) is 4.72 Å². The molecule has 2 aromatic carbocycles. The van der Waals surface area contributed by atoms with Crippen LogP contribution in [0.1, 0.15) is 0 Å². The van der Waals surface area contributed by atoms with Crippen molar-refractivity contribution in [2.75, 3.05) is 11.8 Å². The van der Waals surface area contributed by atoms with Crippen LogP contribution in [0.4, 0.5) is 5.69 Å². The first-order valence-electron chi connectivity index (χ1n) is 5.94. The van der Waals surface area contributed by atoms with E-state index in [1.807, 2.05) is 0 Å². The Kier molecular flexibility index (Phi) is 4.64. The molecule has 0 saturated carbocycles. The Morgan fingerprint density at radius 2 is 1.36 bits per heavy atom. The zero-order chi connectivity index (χ0) is 16.4. The molecule has 0 spiro atoms. The Morgan fingerprint density at radius 3 is 1.82 bits per heavy atom. The number of nitrogens with one attached hydrogen (secondary N) is 1. The van der Waals surface area contributed by atoms with E-state index >= 15 is 0 Å². The number of rotatable bonds is 5. The molecule has 0 radical (unpaired) electrons. The van der Waals surface area contributed by atoms with Gasteiger partial charge in [-0.05, 0) is 48.5 Å². The van der Waals surface area contributed by atoms with Gasteiger partial charge in [-0.15, -0.1) is 0 Å². The molecular formula is C13H12ClNO5S2. The number of hydrogen-bond donors (Lipinski definition) is 1.